The minimum atomic E-state index is -1.14. The first-order valence-electron chi connectivity index (χ1n) is 9.26. The highest BCUT2D eigenvalue weighted by Gasteiger charge is 2.37. The van der Waals surface area contributed by atoms with Gasteiger partial charge in [0.1, 0.15) is 0 Å². The monoisotopic (exact) mass is 355 g/mol. The average Bonchev–Trinajstić information content (AvgIpc) is 2.56. The van der Waals surface area contributed by atoms with E-state index < -0.39 is 25.1 Å². The molecule has 0 aromatic heterocycles. The van der Waals surface area contributed by atoms with Crippen molar-refractivity contribution in [3.05, 3.63) is 0 Å². The van der Waals surface area contributed by atoms with Crippen LogP contribution >= 0.6 is 0 Å². The van der Waals surface area contributed by atoms with Crippen molar-refractivity contribution in [3.63, 3.8) is 0 Å². The summed E-state index contributed by atoms with van der Waals surface area (Å²) in [5.74, 6) is -1.10. The van der Waals surface area contributed by atoms with Gasteiger partial charge in [-0.1, -0.05) is 0 Å². The van der Waals surface area contributed by atoms with Gasteiger partial charge in [0.05, 0.1) is 18.5 Å². The quantitative estimate of drug-likeness (QED) is 0.376. The lowest BCUT2D eigenvalue weighted by atomic mass is 9.72. The number of carbonyl (C=O) groups excluding carboxylic acids is 1. The molecule has 9 heteroatoms. The Hall–Kier alpha value is -1.16. The molecular formula is C16H30BN3O5. The fourth-order valence-electron chi connectivity index (χ4n) is 3.74. The highest BCUT2D eigenvalue weighted by Crippen LogP contribution is 2.27. The zero-order valence-corrected chi connectivity index (χ0v) is 14.7. The standard InChI is InChI=1S/C16H30BN3O5/c18-7-8-19-12-3-1-11(2-4-12)9-15(21)20-14-6-5-13(10-16(22)23)25-17(14)24/h11-14,19,24H,1-10,18H2,(H,20,21)(H,22,23)/t11?,12?,13-,14-/m0/s1. The predicted octanol–water partition coefficient (Wildman–Crippen LogP) is -0.358. The highest BCUT2D eigenvalue weighted by atomic mass is 16.5. The molecule has 0 aromatic carbocycles. The van der Waals surface area contributed by atoms with Gasteiger partial charge in [0.15, 0.2) is 0 Å². The van der Waals surface area contributed by atoms with Gasteiger partial charge in [-0.15, -0.1) is 0 Å². The molecular weight excluding hydrogens is 325 g/mol. The van der Waals surface area contributed by atoms with Crippen LogP contribution in [0.1, 0.15) is 51.4 Å². The topological polar surface area (TPSA) is 134 Å². The van der Waals surface area contributed by atoms with E-state index in [1.54, 1.807) is 0 Å². The number of rotatable bonds is 8. The van der Waals surface area contributed by atoms with E-state index in [4.69, 9.17) is 15.5 Å². The van der Waals surface area contributed by atoms with Crippen molar-refractivity contribution < 1.29 is 24.4 Å². The van der Waals surface area contributed by atoms with Crippen molar-refractivity contribution in [2.24, 2.45) is 11.7 Å². The second kappa shape index (κ2) is 10.1. The van der Waals surface area contributed by atoms with Crippen LogP contribution in [0.15, 0.2) is 0 Å². The van der Waals surface area contributed by atoms with Crippen LogP contribution in [-0.4, -0.2) is 60.3 Å². The lowest BCUT2D eigenvalue weighted by Crippen LogP contribution is -2.53. The minimum absolute atomic E-state index is 0.0669. The lowest BCUT2D eigenvalue weighted by molar-refractivity contribution is -0.139. The Balaban J connectivity index is 1.66. The summed E-state index contributed by atoms with van der Waals surface area (Å²) in [4.78, 5) is 22.9. The molecule has 0 unspecified atom stereocenters. The van der Waals surface area contributed by atoms with Crippen molar-refractivity contribution in [2.45, 2.75) is 69.5 Å². The molecule has 25 heavy (non-hydrogen) atoms. The second-order valence-electron chi connectivity index (χ2n) is 7.16. The largest absolute Gasteiger partial charge is 0.481 e. The summed E-state index contributed by atoms with van der Waals surface area (Å²) in [6.07, 6.45) is 5.04. The van der Waals surface area contributed by atoms with Gasteiger partial charge in [-0.2, -0.15) is 0 Å². The Kier molecular flexibility index (Phi) is 8.15. The van der Waals surface area contributed by atoms with E-state index in [1.165, 1.54) is 0 Å². The average molecular weight is 355 g/mol. The summed E-state index contributed by atoms with van der Waals surface area (Å²) in [6, 6.07) is 0.502. The van der Waals surface area contributed by atoms with Crippen molar-refractivity contribution in [3.8, 4) is 0 Å². The molecule has 142 valence electrons. The first-order valence-corrected chi connectivity index (χ1v) is 9.26. The van der Waals surface area contributed by atoms with Crippen LogP contribution in [0.25, 0.3) is 0 Å². The molecule has 2 rings (SSSR count). The Morgan fingerprint density at radius 1 is 1.12 bits per heavy atom. The summed E-state index contributed by atoms with van der Waals surface area (Å²) in [6.45, 7) is 1.47. The van der Waals surface area contributed by atoms with E-state index in [0.717, 1.165) is 32.2 Å². The molecule has 8 nitrogen and oxygen atoms in total. The van der Waals surface area contributed by atoms with Gasteiger partial charge < -0.3 is 31.2 Å². The first-order chi connectivity index (χ1) is 12.0. The first kappa shape index (κ1) is 20.2. The number of nitrogens with one attached hydrogen (secondary N) is 2. The number of hydrogen-bond acceptors (Lipinski definition) is 6. The Morgan fingerprint density at radius 3 is 2.44 bits per heavy atom. The molecule has 0 spiro atoms. The van der Waals surface area contributed by atoms with Crippen molar-refractivity contribution >= 4 is 19.0 Å². The van der Waals surface area contributed by atoms with Crippen LogP contribution < -0.4 is 16.4 Å². The molecule has 1 aliphatic carbocycles. The van der Waals surface area contributed by atoms with Crippen LogP contribution in [0, 0.1) is 5.92 Å². The Morgan fingerprint density at radius 2 is 1.84 bits per heavy atom. The van der Waals surface area contributed by atoms with E-state index in [2.05, 4.69) is 10.6 Å². The summed E-state index contributed by atoms with van der Waals surface area (Å²) in [7, 11) is -1.14. The number of carbonyl (C=O) groups is 2. The third-order valence-corrected chi connectivity index (χ3v) is 5.12. The molecule has 2 fully saturated rings. The zero-order chi connectivity index (χ0) is 18.2. The maximum atomic E-state index is 12.2. The number of nitrogens with two attached hydrogens (primary N) is 1. The van der Waals surface area contributed by atoms with Gasteiger partial charge in [0.25, 0.3) is 0 Å². The molecule has 2 atom stereocenters. The maximum absolute atomic E-state index is 12.2. The molecule has 1 saturated carbocycles. The summed E-state index contributed by atoms with van der Waals surface area (Å²) < 4.78 is 5.29. The molecule has 0 aromatic rings. The molecule has 2 aliphatic rings. The van der Waals surface area contributed by atoms with Gasteiger partial charge in [0, 0.05) is 25.6 Å². The number of carboxylic acid groups (broad SMARTS) is 1. The van der Waals surface area contributed by atoms with Crippen molar-refractivity contribution in [1.29, 1.82) is 0 Å². The number of hydrogen-bond donors (Lipinski definition) is 5. The normalized spacial score (nSPS) is 30.1. The SMILES string of the molecule is NCCNC1CCC(CC(=O)N[C@H]2CC[C@@H](CC(=O)O)OB2O)CC1. The zero-order valence-electron chi connectivity index (χ0n) is 14.7. The van der Waals surface area contributed by atoms with E-state index in [0.29, 0.717) is 37.8 Å². The molecule has 1 heterocycles. The fourth-order valence-corrected chi connectivity index (χ4v) is 3.74. The summed E-state index contributed by atoms with van der Waals surface area (Å²) in [5, 5.41) is 25.0. The van der Waals surface area contributed by atoms with Gasteiger partial charge in [-0.05, 0) is 44.4 Å². The molecule has 0 bridgehead atoms. The van der Waals surface area contributed by atoms with E-state index in [1.807, 2.05) is 0 Å². The van der Waals surface area contributed by atoms with Crippen LogP contribution in [0.3, 0.4) is 0 Å². The third kappa shape index (κ3) is 6.93. The minimum Gasteiger partial charge on any atom is -0.481 e. The number of amides is 1. The molecule has 1 saturated heterocycles. The number of carboxylic acids is 1. The fraction of sp³-hybridized carbons (Fsp3) is 0.875. The predicted molar refractivity (Wildman–Crippen MR) is 93.7 cm³/mol. The van der Waals surface area contributed by atoms with Crippen LogP contribution in [0.2, 0.25) is 0 Å². The van der Waals surface area contributed by atoms with Gasteiger partial charge in [-0.3, -0.25) is 9.59 Å². The molecule has 6 N–H and O–H groups in total. The Bertz CT molecular complexity index is 445. The summed E-state index contributed by atoms with van der Waals surface area (Å²) >= 11 is 0. The van der Waals surface area contributed by atoms with Crippen molar-refractivity contribution in [2.75, 3.05) is 13.1 Å². The highest BCUT2D eigenvalue weighted by molar-refractivity contribution is 6.45. The van der Waals surface area contributed by atoms with Crippen molar-refractivity contribution in [1.82, 2.24) is 10.6 Å². The maximum Gasteiger partial charge on any atom is 0.478 e. The van der Waals surface area contributed by atoms with Gasteiger partial charge in [0.2, 0.25) is 5.91 Å². The van der Waals surface area contributed by atoms with Gasteiger partial charge in [-0.25, -0.2) is 0 Å². The third-order valence-electron chi connectivity index (χ3n) is 5.12. The molecule has 1 aliphatic heterocycles. The van der Waals surface area contributed by atoms with E-state index in [-0.39, 0.29) is 12.3 Å². The molecule has 1 amide bonds. The van der Waals surface area contributed by atoms with Crippen LogP contribution in [0.4, 0.5) is 0 Å². The lowest BCUT2D eigenvalue weighted by Gasteiger charge is -2.32. The van der Waals surface area contributed by atoms with Gasteiger partial charge >= 0.3 is 13.1 Å². The van der Waals surface area contributed by atoms with E-state index >= 15 is 0 Å². The second-order valence-corrected chi connectivity index (χ2v) is 7.16. The number of aliphatic carboxylic acids is 1. The summed E-state index contributed by atoms with van der Waals surface area (Å²) in [5.41, 5.74) is 5.50. The van der Waals surface area contributed by atoms with Crippen LogP contribution in [0.5, 0.6) is 0 Å². The smallest absolute Gasteiger partial charge is 0.478 e. The van der Waals surface area contributed by atoms with Crippen LogP contribution in [-0.2, 0) is 14.2 Å². The molecule has 0 radical (unpaired) electrons. The Labute approximate surface area is 149 Å². The van der Waals surface area contributed by atoms with E-state index in [9.17, 15) is 14.6 Å².